The average Bonchev–Trinajstić information content (AvgIpc) is 2.52. The van der Waals surface area contributed by atoms with Crippen molar-refractivity contribution in [1.82, 2.24) is 0 Å². The number of benzene rings is 2. The van der Waals surface area contributed by atoms with Crippen LogP contribution in [0.25, 0.3) is 0 Å². The SMILES string of the molecule is CC(C)(N)C(=O)c1ccc(OCCSc2ccccc2)cc1. The molecule has 22 heavy (non-hydrogen) atoms. The number of carbonyl (C=O) groups is 1. The van der Waals surface area contributed by atoms with E-state index in [0.29, 0.717) is 12.2 Å². The van der Waals surface area contributed by atoms with Gasteiger partial charge in [-0.25, -0.2) is 0 Å². The number of ether oxygens (including phenoxy) is 1. The second-order valence-electron chi connectivity index (χ2n) is 5.59. The third-order valence-corrected chi connectivity index (χ3v) is 4.04. The lowest BCUT2D eigenvalue weighted by Crippen LogP contribution is -2.41. The number of hydrogen-bond donors (Lipinski definition) is 1. The first-order valence-corrected chi connectivity index (χ1v) is 8.20. The zero-order valence-electron chi connectivity index (χ0n) is 12.9. The molecule has 0 saturated heterocycles. The van der Waals surface area contributed by atoms with Gasteiger partial charge in [0.15, 0.2) is 5.78 Å². The first-order valence-electron chi connectivity index (χ1n) is 7.21. The maximum Gasteiger partial charge on any atom is 0.182 e. The second kappa shape index (κ2) is 7.47. The Morgan fingerprint density at radius 3 is 2.32 bits per heavy atom. The van der Waals surface area contributed by atoms with Crippen LogP contribution in [-0.2, 0) is 0 Å². The zero-order valence-corrected chi connectivity index (χ0v) is 13.7. The van der Waals surface area contributed by atoms with Gasteiger partial charge in [-0.15, -0.1) is 11.8 Å². The number of nitrogens with two attached hydrogens (primary N) is 1. The predicted molar refractivity (Wildman–Crippen MR) is 91.7 cm³/mol. The van der Waals surface area contributed by atoms with E-state index in [0.717, 1.165) is 11.5 Å². The molecule has 0 radical (unpaired) electrons. The summed E-state index contributed by atoms with van der Waals surface area (Å²) in [5.74, 6) is 1.57. The Labute approximate surface area is 135 Å². The smallest absolute Gasteiger partial charge is 0.182 e. The van der Waals surface area contributed by atoms with E-state index in [-0.39, 0.29) is 5.78 Å². The Morgan fingerprint density at radius 1 is 1.09 bits per heavy atom. The third kappa shape index (κ3) is 4.90. The molecule has 0 aliphatic heterocycles. The summed E-state index contributed by atoms with van der Waals surface area (Å²) in [6, 6.07) is 17.4. The topological polar surface area (TPSA) is 52.3 Å². The highest BCUT2D eigenvalue weighted by Gasteiger charge is 2.23. The van der Waals surface area contributed by atoms with Gasteiger partial charge in [0.1, 0.15) is 5.75 Å². The van der Waals surface area contributed by atoms with Crippen molar-refractivity contribution in [2.24, 2.45) is 5.73 Å². The van der Waals surface area contributed by atoms with E-state index in [1.165, 1.54) is 4.90 Å². The van der Waals surface area contributed by atoms with E-state index < -0.39 is 5.54 Å². The van der Waals surface area contributed by atoms with Gasteiger partial charge in [-0.05, 0) is 50.2 Å². The maximum atomic E-state index is 12.0. The summed E-state index contributed by atoms with van der Waals surface area (Å²) >= 11 is 1.76. The molecule has 0 aliphatic rings. The molecule has 0 heterocycles. The predicted octanol–water partition coefficient (Wildman–Crippen LogP) is 3.78. The summed E-state index contributed by atoms with van der Waals surface area (Å²) in [6.07, 6.45) is 0. The van der Waals surface area contributed by atoms with E-state index in [1.807, 2.05) is 30.3 Å². The van der Waals surface area contributed by atoms with E-state index in [1.54, 1.807) is 37.7 Å². The van der Waals surface area contributed by atoms with Crippen LogP contribution in [0, 0.1) is 0 Å². The standard InChI is InChI=1S/C18H21NO2S/c1-18(2,19)17(20)14-8-10-15(11-9-14)21-12-13-22-16-6-4-3-5-7-16/h3-11H,12-13,19H2,1-2H3. The molecule has 116 valence electrons. The van der Waals surface area contributed by atoms with Crippen molar-refractivity contribution in [2.75, 3.05) is 12.4 Å². The summed E-state index contributed by atoms with van der Waals surface area (Å²) in [6.45, 7) is 4.04. The molecular weight excluding hydrogens is 294 g/mol. The largest absolute Gasteiger partial charge is 0.493 e. The monoisotopic (exact) mass is 315 g/mol. The molecular formula is C18H21NO2S. The zero-order chi connectivity index (χ0) is 16.0. The molecule has 0 spiro atoms. The third-order valence-electron chi connectivity index (χ3n) is 3.07. The highest BCUT2D eigenvalue weighted by atomic mass is 32.2. The highest BCUT2D eigenvalue weighted by molar-refractivity contribution is 7.99. The van der Waals surface area contributed by atoms with Crippen LogP contribution in [0.15, 0.2) is 59.5 Å². The van der Waals surface area contributed by atoms with Crippen molar-refractivity contribution in [2.45, 2.75) is 24.3 Å². The quantitative estimate of drug-likeness (QED) is 0.480. The van der Waals surface area contributed by atoms with Crippen molar-refractivity contribution < 1.29 is 9.53 Å². The highest BCUT2D eigenvalue weighted by Crippen LogP contribution is 2.19. The first kappa shape index (κ1) is 16.6. The minimum atomic E-state index is -0.852. The Bertz CT molecular complexity index is 603. The van der Waals surface area contributed by atoms with Crippen molar-refractivity contribution in [1.29, 1.82) is 0 Å². The number of thioether (sulfide) groups is 1. The molecule has 2 N–H and O–H groups in total. The van der Waals surface area contributed by atoms with E-state index in [2.05, 4.69) is 12.1 Å². The Morgan fingerprint density at radius 2 is 1.73 bits per heavy atom. The molecule has 0 aromatic heterocycles. The molecule has 2 aromatic carbocycles. The summed E-state index contributed by atoms with van der Waals surface area (Å²) in [4.78, 5) is 13.3. The van der Waals surface area contributed by atoms with Crippen LogP contribution in [0.2, 0.25) is 0 Å². The summed E-state index contributed by atoms with van der Waals surface area (Å²) in [5.41, 5.74) is 5.58. The van der Waals surface area contributed by atoms with Gasteiger partial charge in [0.25, 0.3) is 0 Å². The minimum absolute atomic E-state index is 0.0707. The molecule has 0 aliphatic carbocycles. The van der Waals surface area contributed by atoms with Crippen LogP contribution in [0.1, 0.15) is 24.2 Å². The Hall–Kier alpha value is -1.78. The van der Waals surface area contributed by atoms with Gasteiger partial charge in [0, 0.05) is 16.2 Å². The lowest BCUT2D eigenvalue weighted by Gasteiger charge is -2.16. The first-order chi connectivity index (χ1) is 10.5. The second-order valence-corrected chi connectivity index (χ2v) is 6.75. The van der Waals surface area contributed by atoms with E-state index in [9.17, 15) is 4.79 Å². The summed E-state index contributed by atoms with van der Waals surface area (Å²) in [5, 5.41) is 0. The normalized spacial score (nSPS) is 11.2. The lowest BCUT2D eigenvalue weighted by atomic mass is 9.94. The minimum Gasteiger partial charge on any atom is -0.493 e. The molecule has 0 amide bonds. The van der Waals surface area contributed by atoms with Gasteiger partial charge < -0.3 is 10.5 Å². The maximum absolute atomic E-state index is 12.0. The molecule has 0 unspecified atom stereocenters. The van der Waals surface area contributed by atoms with Crippen LogP contribution in [-0.4, -0.2) is 23.7 Å². The Balaban J connectivity index is 1.81. The van der Waals surface area contributed by atoms with Gasteiger partial charge in [-0.3, -0.25) is 4.79 Å². The molecule has 3 nitrogen and oxygen atoms in total. The fourth-order valence-corrected chi connectivity index (χ4v) is 2.66. The average molecular weight is 315 g/mol. The fourth-order valence-electron chi connectivity index (χ4n) is 1.91. The summed E-state index contributed by atoms with van der Waals surface area (Å²) in [7, 11) is 0. The van der Waals surface area contributed by atoms with Gasteiger partial charge >= 0.3 is 0 Å². The van der Waals surface area contributed by atoms with Gasteiger partial charge in [0.2, 0.25) is 0 Å². The van der Waals surface area contributed by atoms with Crippen LogP contribution >= 0.6 is 11.8 Å². The molecule has 4 heteroatoms. The van der Waals surface area contributed by atoms with Crippen LogP contribution < -0.4 is 10.5 Å². The molecule has 0 saturated carbocycles. The van der Waals surface area contributed by atoms with Gasteiger partial charge in [-0.1, -0.05) is 18.2 Å². The number of rotatable bonds is 7. The molecule has 0 atom stereocenters. The van der Waals surface area contributed by atoms with Gasteiger partial charge in [-0.2, -0.15) is 0 Å². The number of carbonyl (C=O) groups excluding carboxylic acids is 1. The van der Waals surface area contributed by atoms with Crippen LogP contribution in [0.5, 0.6) is 5.75 Å². The number of ketones is 1. The van der Waals surface area contributed by atoms with Gasteiger partial charge in [0.05, 0.1) is 12.1 Å². The van der Waals surface area contributed by atoms with Crippen molar-refractivity contribution >= 4 is 17.5 Å². The molecule has 2 rings (SSSR count). The van der Waals surface area contributed by atoms with E-state index in [4.69, 9.17) is 10.5 Å². The van der Waals surface area contributed by atoms with Crippen LogP contribution in [0.4, 0.5) is 0 Å². The number of hydrogen-bond acceptors (Lipinski definition) is 4. The van der Waals surface area contributed by atoms with Crippen molar-refractivity contribution in [3.05, 3.63) is 60.2 Å². The molecule has 2 aromatic rings. The van der Waals surface area contributed by atoms with E-state index >= 15 is 0 Å². The molecule has 0 fully saturated rings. The fraction of sp³-hybridized carbons (Fsp3) is 0.278. The molecule has 0 bridgehead atoms. The van der Waals surface area contributed by atoms with Crippen molar-refractivity contribution in [3.8, 4) is 5.75 Å². The van der Waals surface area contributed by atoms with Crippen LogP contribution in [0.3, 0.4) is 0 Å². The number of Topliss-reactive ketones (excluding diaryl/α,β-unsaturated/α-hetero) is 1. The van der Waals surface area contributed by atoms with Crippen molar-refractivity contribution in [3.63, 3.8) is 0 Å². The summed E-state index contributed by atoms with van der Waals surface area (Å²) < 4.78 is 5.68. The lowest BCUT2D eigenvalue weighted by molar-refractivity contribution is 0.0913. The Kier molecular flexibility index (Phi) is 5.63.